The number of nitrogen functional groups attached to an aromatic ring is 1. The number of carbonyl (C=O) groups excluding carboxylic acids is 5. The SMILES string of the molecule is CO/N=C(\C(=O)N[C@@H]1C(=O)N2C(C(=O)OC(C)OC(=O)OC(C)C)=C(OC(N)=O)CS[C@H]12)c1csc(N)n1. The zero-order chi connectivity index (χ0) is 28.1. The number of nitrogens with two attached hydrogens (primary N) is 2. The lowest BCUT2D eigenvalue weighted by molar-refractivity contribution is -0.169. The number of nitrogens with zero attached hydrogens (tertiary/aromatic N) is 3. The minimum Gasteiger partial charge on any atom is -0.431 e. The number of ether oxygens (including phenoxy) is 4. The normalized spacial score (nSPS) is 19.7. The van der Waals surface area contributed by atoms with Gasteiger partial charge in [0.1, 0.15) is 24.2 Å². The molecule has 1 unspecified atom stereocenters. The Morgan fingerprint density at radius 3 is 2.50 bits per heavy atom. The lowest BCUT2D eigenvalue weighted by Gasteiger charge is -2.49. The van der Waals surface area contributed by atoms with Gasteiger partial charge in [0.05, 0.1) is 11.9 Å². The van der Waals surface area contributed by atoms with E-state index in [2.05, 4.69) is 15.5 Å². The average Bonchev–Trinajstić information content (AvgIpc) is 3.24. The number of amides is 3. The molecule has 1 aromatic rings. The van der Waals surface area contributed by atoms with Gasteiger partial charge in [-0.05, 0) is 13.8 Å². The molecule has 3 amide bonds. The molecule has 1 aromatic heterocycles. The molecule has 2 aliphatic rings. The molecule has 0 saturated carbocycles. The lowest BCUT2D eigenvalue weighted by atomic mass is 10.0. The maximum Gasteiger partial charge on any atom is 0.511 e. The fourth-order valence-electron chi connectivity index (χ4n) is 3.27. The third-order valence-corrected chi connectivity index (χ3v) is 6.59. The van der Waals surface area contributed by atoms with Crippen LogP contribution in [0.25, 0.3) is 0 Å². The van der Waals surface area contributed by atoms with Crippen molar-refractivity contribution >= 4 is 64.0 Å². The molecule has 1 saturated heterocycles. The number of hydrogen-bond acceptors (Lipinski definition) is 15. The molecule has 3 atom stereocenters. The third-order valence-electron chi connectivity index (χ3n) is 4.67. The molecule has 5 N–H and O–H groups in total. The van der Waals surface area contributed by atoms with Crippen molar-refractivity contribution in [1.82, 2.24) is 15.2 Å². The maximum absolute atomic E-state index is 13.1. The molecular formula is C20H24N6O10S2. The van der Waals surface area contributed by atoms with Crippen molar-refractivity contribution in [3.8, 4) is 0 Å². The first kappa shape index (κ1) is 28.5. The zero-order valence-electron chi connectivity index (χ0n) is 20.5. The van der Waals surface area contributed by atoms with Crippen LogP contribution in [0.2, 0.25) is 0 Å². The van der Waals surface area contributed by atoms with Crippen LogP contribution in [0.4, 0.5) is 14.7 Å². The molecule has 0 aliphatic carbocycles. The van der Waals surface area contributed by atoms with E-state index in [9.17, 15) is 24.0 Å². The highest BCUT2D eigenvalue weighted by molar-refractivity contribution is 8.00. The van der Waals surface area contributed by atoms with Gasteiger partial charge in [0.2, 0.25) is 6.29 Å². The summed E-state index contributed by atoms with van der Waals surface area (Å²) in [5.41, 5.74) is 10.2. The number of anilines is 1. The molecule has 3 rings (SSSR count). The van der Waals surface area contributed by atoms with Gasteiger partial charge < -0.3 is 40.6 Å². The first-order chi connectivity index (χ1) is 17.9. The molecule has 16 nitrogen and oxygen atoms in total. The van der Waals surface area contributed by atoms with Gasteiger partial charge in [-0.3, -0.25) is 14.5 Å². The molecule has 0 radical (unpaired) electrons. The topological polar surface area (TPSA) is 224 Å². The minimum atomic E-state index is -1.42. The summed E-state index contributed by atoms with van der Waals surface area (Å²) in [5.74, 6) is -2.99. The van der Waals surface area contributed by atoms with Gasteiger partial charge in [-0.1, -0.05) is 5.16 Å². The summed E-state index contributed by atoms with van der Waals surface area (Å²) in [4.78, 5) is 71.7. The number of fused-ring (bicyclic) bond motifs is 1. The Morgan fingerprint density at radius 1 is 1.21 bits per heavy atom. The van der Waals surface area contributed by atoms with Crippen LogP contribution in [0.1, 0.15) is 26.5 Å². The molecule has 2 aliphatic heterocycles. The van der Waals surface area contributed by atoms with Crippen molar-refractivity contribution in [3.05, 3.63) is 22.5 Å². The summed E-state index contributed by atoms with van der Waals surface area (Å²) < 4.78 is 19.7. The van der Waals surface area contributed by atoms with Crippen molar-refractivity contribution in [2.75, 3.05) is 18.6 Å². The van der Waals surface area contributed by atoms with Gasteiger partial charge in [-0.25, -0.2) is 19.4 Å². The largest absolute Gasteiger partial charge is 0.511 e. The number of thiazole rings is 1. The number of esters is 1. The van der Waals surface area contributed by atoms with Crippen LogP contribution >= 0.6 is 23.1 Å². The van der Waals surface area contributed by atoms with E-state index in [0.29, 0.717) is 0 Å². The summed E-state index contributed by atoms with van der Waals surface area (Å²) in [6, 6.07) is -1.10. The van der Waals surface area contributed by atoms with Crippen LogP contribution in [-0.2, 0) is 38.2 Å². The van der Waals surface area contributed by atoms with Gasteiger partial charge in [0.15, 0.2) is 22.3 Å². The lowest BCUT2D eigenvalue weighted by Crippen LogP contribution is -2.71. The van der Waals surface area contributed by atoms with Gasteiger partial charge >= 0.3 is 18.2 Å². The Morgan fingerprint density at radius 2 is 1.92 bits per heavy atom. The van der Waals surface area contributed by atoms with Crippen LogP contribution in [0.5, 0.6) is 0 Å². The van der Waals surface area contributed by atoms with Gasteiger partial charge in [0.25, 0.3) is 11.8 Å². The van der Waals surface area contributed by atoms with Crippen LogP contribution in [0.15, 0.2) is 22.0 Å². The van der Waals surface area contributed by atoms with Crippen molar-refractivity contribution in [1.29, 1.82) is 0 Å². The molecule has 38 heavy (non-hydrogen) atoms. The molecule has 3 heterocycles. The van der Waals surface area contributed by atoms with Crippen molar-refractivity contribution in [2.45, 2.75) is 44.6 Å². The molecule has 18 heteroatoms. The Labute approximate surface area is 223 Å². The fourth-order valence-corrected chi connectivity index (χ4v) is 5.07. The summed E-state index contributed by atoms with van der Waals surface area (Å²) in [6.07, 6.45) is -4.21. The van der Waals surface area contributed by atoms with Crippen LogP contribution < -0.4 is 16.8 Å². The van der Waals surface area contributed by atoms with E-state index in [4.69, 9.17) is 35.3 Å². The zero-order valence-corrected chi connectivity index (χ0v) is 22.1. The van der Waals surface area contributed by atoms with Gasteiger partial charge in [0, 0.05) is 12.3 Å². The number of oxime groups is 1. The summed E-state index contributed by atoms with van der Waals surface area (Å²) in [6.45, 7) is 4.43. The van der Waals surface area contributed by atoms with Crippen LogP contribution in [0, 0.1) is 0 Å². The number of hydrogen-bond donors (Lipinski definition) is 3. The molecule has 0 bridgehead atoms. The number of primary amides is 1. The smallest absolute Gasteiger partial charge is 0.431 e. The van der Waals surface area contributed by atoms with E-state index in [1.807, 2.05) is 0 Å². The van der Waals surface area contributed by atoms with E-state index in [-0.39, 0.29) is 28.0 Å². The van der Waals surface area contributed by atoms with Crippen LogP contribution in [0.3, 0.4) is 0 Å². The second kappa shape index (κ2) is 12.0. The number of nitrogens with one attached hydrogen (secondary N) is 1. The molecule has 1 fully saturated rings. The molecular weight excluding hydrogens is 548 g/mol. The highest BCUT2D eigenvalue weighted by atomic mass is 32.2. The predicted molar refractivity (Wildman–Crippen MR) is 131 cm³/mol. The Hall–Kier alpha value is -4.06. The van der Waals surface area contributed by atoms with Crippen LogP contribution in [-0.4, -0.2) is 82.3 Å². The quantitative estimate of drug-likeness (QED) is 0.0901. The Kier molecular flexibility index (Phi) is 9.00. The van der Waals surface area contributed by atoms with Crippen molar-refractivity contribution in [3.63, 3.8) is 0 Å². The van der Waals surface area contributed by atoms with E-state index in [1.54, 1.807) is 13.8 Å². The minimum absolute atomic E-state index is 0.0829. The molecule has 0 spiro atoms. The summed E-state index contributed by atoms with van der Waals surface area (Å²) >= 11 is 2.16. The highest BCUT2D eigenvalue weighted by Crippen LogP contribution is 2.41. The molecule has 0 aromatic carbocycles. The van der Waals surface area contributed by atoms with E-state index < -0.39 is 59.5 Å². The number of rotatable bonds is 9. The Balaban J connectivity index is 1.77. The number of thioether (sulfide) groups is 1. The second-order valence-electron chi connectivity index (χ2n) is 7.75. The van der Waals surface area contributed by atoms with Gasteiger partial charge in [-0.2, -0.15) is 0 Å². The summed E-state index contributed by atoms with van der Waals surface area (Å²) in [7, 11) is 1.23. The van der Waals surface area contributed by atoms with Crippen molar-refractivity contribution < 1.29 is 47.8 Å². The summed E-state index contributed by atoms with van der Waals surface area (Å²) in [5, 5.41) is 7.08. The average molecular weight is 573 g/mol. The first-order valence-electron chi connectivity index (χ1n) is 10.8. The van der Waals surface area contributed by atoms with E-state index >= 15 is 0 Å². The predicted octanol–water partition coefficient (Wildman–Crippen LogP) is 0.233. The van der Waals surface area contributed by atoms with Crippen molar-refractivity contribution in [2.24, 2.45) is 10.9 Å². The van der Waals surface area contributed by atoms with Gasteiger partial charge in [-0.15, -0.1) is 23.1 Å². The number of β-lactam (4-membered cyclic amide) rings is 1. The maximum atomic E-state index is 13.1. The highest BCUT2D eigenvalue weighted by Gasteiger charge is 2.55. The third kappa shape index (κ3) is 6.43. The first-order valence-corrected chi connectivity index (χ1v) is 12.7. The molecule has 206 valence electrons. The van der Waals surface area contributed by atoms with E-state index in [1.165, 1.54) is 19.4 Å². The second-order valence-corrected chi connectivity index (χ2v) is 9.75. The number of carbonyl (C=O) groups is 5. The Bertz CT molecular complexity index is 1200. The number of aromatic nitrogens is 1. The van der Waals surface area contributed by atoms with E-state index in [0.717, 1.165) is 28.0 Å². The standard InChI is InChI=1S/C20H24N6O10S2/c1-7(2)33-20(31)35-8(3)34-17(29)13-10(36-19(22)30)6-37-16-12(15(28)26(13)16)24-14(27)11(25-32-4)9-5-38-18(21)23-9/h5,7-8,12,16H,6H2,1-4H3,(H2,21,23)(H2,22,30)(H,24,27)/b25-11-/t8?,12-,16-/m1/s1. The fraction of sp³-hybridized carbons (Fsp3) is 0.450. The monoisotopic (exact) mass is 572 g/mol.